The number of amides is 1. The molecular weight excluding hydrogens is 336 g/mol. The lowest BCUT2D eigenvalue weighted by Gasteiger charge is -2.26. The second-order valence-electron chi connectivity index (χ2n) is 6.48. The molecule has 2 aliphatic heterocycles. The van der Waals surface area contributed by atoms with E-state index in [2.05, 4.69) is 20.9 Å². The fourth-order valence-corrected chi connectivity index (χ4v) is 2.98. The second kappa shape index (κ2) is 8.98. The highest BCUT2D eigenvalue weighted by atomic mass is 16.7. The van der Waals surface area contributed by atoms with Gasteiger partial charge in [-0.1, -0.05) is 0 Å². The maximum absolute atomic E-state index is 12.5. The molecule has 0 saturated carbocycles. The topological polar surface area (TPSA) is 91.9 Å². The van der Waals surface area contributed by atoms with Crippen LogP contribution >= 0.6 is 0 Å². The number of ether oxygens (including phenoxy) is 2. The molecule has 1 amide bonds. The Kier molecular flexibility index (Phi) is 6.43. The third-order valence-electron chi connectivity index (χ3n) is 4.61. The monoisotopic (exact) mass is 362 g/mol. The molecule has 1 aromatic rings. The van der Waals surface area contributed by atoms with Gasteiger partial charge in [-0.15, -0.1) is 0 Å². The van der Waals surface area contributed by atoms with E-state index in [9.17, 15) is 9.59 Å². The zero-order chi connectivity index (χ0) is 18.4. The van der Waals surface area contributed by atoms with E-state index in [1.165, 1.54) is 0 Å². The highest BCUT2D eigenvalue weighted by Crippen LogP contribution is 2.32. The standard InChI is InChI=1S/C18H26N4O4/c1-13(18(24)14-2-3-15-16(10-14)26-12-25-15)20-11-21-17(23)4-7-22-8-5-19-6-9-22/h2-3,10,13,19-20H,4-9,11-12H2,1H3,(H,21,23). The molecule has 8 nitrogen and oxygen atoms in total. The van der Waals surface area contributed by atoms with Crippen molar-refractivity contribution in [2.45, 2.75) is 19.4 Å². The SMILES string of the molecule is CC(NCNC(=O)CCN1CCNCC1)C(=O)c1ccc2c(c1)OCO2. The molecule has 1 unspecified atom stereocenters. The molecule has 8 heteroatoms. The van der Waals surface area contributed by atoms with Gasteiger partial charge in [0.1, 0.15) is 0 Å². The molecule has 0 radical (unpaired) electrons. The summed E-state index contributed by atoms with van der Waals surface area (Å²) in [6.45, 7) is 6.89. The molecule has 1 aromatic carbocycles. The van der Waals surface area contributed by atoms with Crippen LogP contribution in [0.25, 0.3) is 0 Å². The molecule has 142 valence electrons. The van der Waals surface area contributed by atoms with Gasteiger partial charge in [0.25, 0.3) is 0 Å². The Morgan fingerprint density at radius 2 is 2.00 bits per heavy atom. The number of rotatable bonds is 8. The van der Waals surface area contributed by atoms with Gasteiger partial charge in [-0.25, -0.2) is 0 Å². The first-order chi connectivity index (χ1) is 12.6. The summed E-state index contributed by atoms with van der Waals surface area (Å²) in [5.74, 6) is 1.17. The van der Waals surface area contributed by atoms with Crippen molar-refractivity contribution < 1.29 is 19.1 Å². The molecule has 1 atom stereocenters. The smallest absolute Gasteiger partial charge is 0.231 e. The van der Waals surface area contributed by atoms with E-state index in [1.807, 2.05) is 0 Å². The number of ketones is 1. The summed E-state index contributed by atoms with van der Waals surface area (Å²) >= 11 is 0. The van der Waals surface area contributed by atoms with Crippen molar-refractivity contribution in [2.24, 2.45) is 0 Å². The van der Waals surface area contributed by atoms with Crippen molar-refractivity contribution in [2.75, 3.05) is 46.2 Å². The van der Waals surface area contributed by atoms with Crippen molar-refractivity contribution in [3.8, 4) is 11.5 Å². The lowest BCUT2D eigenvalue weighted by Crippen LogP contribution is -2.45. The Morgan fingerprint density at radius 3 is 2.81 bits per heavy atom. The first-order valence-electron chi connectivity index (χ1n) is 9.00. The Hall–Kier alpha value is -2.16. The fourth-order valence-electron chi connectivity index (χ4n) is 2.98. The van der Waals surface area contributed by atoms with E-state index >= 15 is 0 Å². The van der Waals surface area contributed by atoms with Gasteiger partial charge in [0.2, 0.25) is 12.7 Å². The van der Waals surface area contributed by atoms with Crippen LogP contribution in [0.4, 0.5) is 0 Å². The van der Waals surface area contributed by atoms with Gasteiger partial charge in [-0.05, 0) is 25.1 Å². The van der Waals surface area contributed by atoms with Crippen LogP contribution in [0.5, 0.6) is 11.5 Å². The Morgan fingerprint density at radius 1 is 1.23 bits per heavy atom. The minimum absolute atomic E-state index is 0.0150. The fraction of sp³-hybridized carbons (Fsp3) is 0.556. The first-order valence-corrected chi connectivity index (χ1v) is 9.00. The summed E-state index contributed by atoms with van der Waals surface area (Å²) in [7, 11) is 0. The van der Waals surface area contributed by atoms with Crippen molar-refractivity contribution in [3.05, 3.63) is 23.8 Å². The second-order valence-corrected chi connectivity index (χ2v) is 6.48. The average molecular weight is 362 g/mol. The van der Waals surface area contributed by atoms with Gasteiger partial charge in [0, 0.05) is 44.7 Å². The Labute approximate surface area is 153 Å². The maximum atomic E-state index is 12.5. The quantitative estimate of drug-likeness (QED) is 0.441. The van der Waals surface area contributed by atoms with Crippen molar-refractivity contribution in [1.29, 1.82) is 0 Å². The summed E-state index contributed by atoms with van der Waals surface area (Å²) in [5.41, 5.74) is 0.555. The number of fused-ring (bicyclic) bond motifs is 1. The van der Waals surface area contributed by atoms with Gasteiger partial charge in [0.15, 0.2) is 17.3 Å². The highest BCUT2D eigenvalue weighted by molar-refractivity contribution is 6.00. The number of piperazine rings is 1. The predicted octanol–water partition coefficient (Wildman–Crippen LogP) is -0.0549. The Balaban J connectivity index is 1.37. The van der Waals surface area contributed by atoms with E-state index in [1.54, 1.807) is 25.1 Å². The number of carbonyl (C=O) groups is 2. The predicted molar refractivity (Wildman–Crippen MR) is 96.4 cm³/mol. The van der Waals surface area contributed by atoms with Crippen LogP contribution < -0.4 is 25.4 Å². The molecular formula is C18H26N4O4. The van der Waals surface area contributed by atoms with Gasteiger partial charge in [0.05, 0.1) is 12.7 Å². The van der Waals surface area contributed by atoms with Crippen molar-refractivity contribution >= 4 is 11.7 Å². The van der Waals surface area contributed by atoms with Crippen LogP contribution in [0.2, 0.25) is 0 Å². The van der Waals surface area contributed by atoms with E-state index < -0.39 is 6.04 Å². The van der Waals surface area contributed by atoms with Crippen LogP contribution in [0.15, 0.2) is 18.2 Å². The molecule has 2 heterocycles. The number of hydrogen-bond acceptors (Lipinski definition) is 7. The molecule has 0 aliphatic carbocycles. The number of carbonyl (C=O) groups excluding carboxylic acids is 2. The summed E-state index contributed by atoms with van der Waals surface area (Å²) in [6.07, 6.45) is 0.464. The number of benzene rings is 1. The minimum atomic E-state index is -0.413. The Bertz CT molecular complexity index is 646. The molecule has 0 aromatic heterocycles. The normalized spacial score (nSPS) is 17.7. The zero-order valence-corrected chi connectivity index (χ0v) is 15.0. The molecule has 1 fully saturated rings. The molecule has 26 heavy (non-hydrogen) atoms. The van der Waals surface area contributed by atoms with E-state index in [-0.39, 0.29) is 25.2 Å². The summed E-state index contributed by atoms with van der Waals surface area (Å²) < 4.78 is 10.5. The molecule has 3 N–H and O–H groups in total. The van der Waals surface area contributed by atoms with Crippen molar-refractivity contribution in [3.63, 3.8) is 0 Å². The van der Waals surface area contributed by atoms with Crippen LogP contribution in [0, 0.1) is 0 Å². The van der Waals surface area contributed by atoms with Gasteiger partial charge >= 0.3 is 0 Å². The number of nitrogens with zero attached hydrogens (tertiary/aromatic N) is 1. The third kappa shape index (κ3) is 4.94. The van der Waals surface area contributed by atoms with E-state index in [4.69, 9.17) is 9.47 Å². The van der Waals surface area contributed by atoms with Crippen LogP contribution in [0.3, 0.4) is 0 Å². The van der Waals surface area contributed by atoms with E-state index in [0.29, 0.717) is 23.5 Å². The van der Waals surface area contributed by atoms with Crippen LogP contribution in [-0.2, 0) is 4.79 Å². The molecule has 0 spiro atoms. The number of hydrogen-bond donors (Lipinski definition) is 3. The van der Waals surface area contributed by atoms with Crippen LogP contribution in [0.1, 0.15) is 23.7 Å². The summed E-state index contributed by atoms with van der Waals surface area (Å²) in [6, 6.07) is 4.73. The number of Topliss-reactive ketones (excluding diaryl/α,β-unsaturated/α-hetero) is 1. The molecule has 0 bridgehead atoms. The zero-order valence-electron chi connectivity index (χ0n) is 15.0. The summed E-state index contributed by atoms with van der Waals surface area (Å²) in [5, 5.41) is 9.14. The average Bonchev–Trinajstić information content (AvgIpc) is 3.14. The van der Waals surface area contributed by atoms with Crippen LogP contribution in [-0.4, -0.2) is 68.8 Å². The van der Waals surface area contributed by atoms with Gasteiger partial charge in [-0.3, -0.25) is 14.9 Å². The lowest BCUT2D eigenvalue weighted by molar-refractivity contribution is -0.121. The van der Waals surface area contributed by atoms with Gasteiger partial charge < -0.3 is 25.0 Å². The molecule has 1 saturated heterocycles. The summed E-state index contributed by atoms with van der Waals surface area (Å²) in [4.78, 5) is 26.7. The number of nitrogens with one attached hydrogen (secondary N) is 3. The molecule has 3 rings (SSSR count). The molecule has 2 aliphatic rings. The van der Waals surface area contributed by atoms with E-state index in [0.717, 1.165) is 32.7 Å². The van der Waals surface area contributed by atoms with Gasteiger partial charge in [-0.2, -0.15) is 0 Å². The lowest BCUT2D eigenvalue weighted by atomic mass is 10.1. The van der Waals surface area contributed by atoms with Crippen molar-refractivity contribution in [1.82, 2.24) is 20.9 Å². The largest absolute Gasteiger partial charge is 0.454 e. The minimum Gasteiger partial charge on any atom is -0.454 e. The third-order valence-corrected chi connectivity index (χ3v) is 4.61. The first kappa shape index (κ1) is 18.6. The highest BCUT2D eigenvalue weighted by Gasteiger charge is 2.20. The maximum Gasteiger partial charge on any atom is 0.231 e.